The van der Waals surface area contributed by atoms with E-state index in [1.807, 2.05) is 6.92 Å². The zero-order valence-corrected chi connectivity index (χ0v) is 25.7. The molecule has 0 aliphatic heterocycles. The van der Waals surface area contributed by atoms with E-state index in [-0.39, 0.29) is 38.6 Å². The maximum absolute atomic E-state index is 14.3. The van der Waals surface area contributed by atoms with Crippen LogP contribution in [-0.2, 0) is 16.2 Å². The number of ketones is 1. The Morgan fingerprint density at radius 1 is 0.915 bits per heavy atom. The van der Waals surface area contributed by atoms with E-state index in [1.54, 1.807) is 37.3 Å². The van der Waals surface area contributed by atoms with Gasteiger partial charge in [0, 0.05) is 5.39 Å². The van der Waals surface area contributed by atoms with Crippen molar-refractivity contribution >= 4 is 43.6 Å². The number of carbonyl (C=O) groups is 1. The number of imidazole rings is 1. The quantitative estimate of drug-likeness (QED) is 0.185. The number of aryl methyl sites for hydroxylation is 2. The third kappa shape index (κ3) is 5.04. The van der Waals surface area contributed by atoms with Crippen LogP contribution in [0.25, 0.3) is 38.8 Å². The molecule has 0 radical (unpaired) electrons. The van der Waals surface area contributed by atoms with Gasteiger partial charge in [-0.05, 0) is 73.5 Å². The maximum atomic E-state index is 14.3. The number of anilines is 1. The molecule has 0 bridgehead atoms. The number of hydrogen-bond donors (Lipinski definition) is 2. The predicted octanol–water partition coefficient (Wildman–Crippen LogP) is 7.06. The third-order valence-corrected chi connectivity index (χ3v) is 9.72. The molecule has 3 aromatic heterocycles. The van der Waals surface area contributed by atoms with Crippen LogP contribution in [0.3, 0.4) is 0 Å². The summed E-state index contributed by atoms with van der Waals surface area (Å²) in [6.45, 7) is 3.62. The predicted molar refractivity (Wildman–Crippen MR) is 172 cm³/mol. The molecule has 7 aromatic rings. The zero-order valence-electron chi connectivity index (χ0n) is 24.9. The second-order valence-corrected chi connectivity index (χ2v) is 12.9. The Kier molecular flexibility index (Phi) is 6.83. The molecule has 3 N–H and O–H groups in total. The van der Waals surface area contributed by atoms with Crippen LogP contribution in [0.4, 0.5) is 19.0 Å². The van der Waals surface area contributed by atoms with Crippen LogP contribution >= 0.6 is 0 Å². The monoisotopic (exact) mass is 654 g/mol. The molecule has 13 heteroatoms. The highest BCUT2D eigenvalue weighted by Gasteiger charge is 2.34. The molecule has 0 unspecified atom stereocenters. The molecule has 3 heterocycles. The van der Waals surface area contributed by atoms with Gasteiger partial charge in [0.2, 0.25) is 5.78 Å². The lowest BCUT2D eigenvalue weighted by Crippen LogP contribution is -2.19. The van der Waals surface area contributed by atoms with Gasteiger partial charge in [-0.1, -0.05) is 48.0 Å². The minimum absolute atomic E-state index is 0.0220. The van der Waals surface area contributed by atoms with E-state index in [2.05, 4.69) is 15.1 Å². The first-order valence-electron chi connectivity index (χ1n) is 14.3. The lowest BCUT2D eigenvalue weighted by molar-refractivity contribution is -0.137. The van der Waals surface area contributed by atoms with Crippen molar-refractivity contribution in [3.05, 3.63) is 125 Å². The number of fused-ring (bicyclic) bond motifs is 2. The van der Waals surface area contributed by atoms with Crippen molar-refractivity contribution < 1.29 is 26.4 Å². The van der Waals surface area contributed by atoms with E-state index in [9.17, 15) is 26.4 Å². The van der Waals surface area contributed by atoms with Crippen LogP contribution in [0, 0.1) is 13.8 Å². The normalized spacial score (nSPS) is 12.3. The summed E-state index contributed by atoms with van der Waals surface area (Å²) in [6.07, 6.45) is -3.40. The molecule has 0 spiro atoms. The summed E-state index contributed by atoms with van der Waals surface area (Å²) in [7, 11) is -4.45. The van der Waals surface area contributed by atoms with Gasteiger partial charge in [-0.25, -0.2) is 22.1 Å². The van der Waals surface area contributed by atoms with Crippen molar-refractivity contribution in [3.63, 3.8) is 0 Å². The topological polar surface area (TPSA) is 129 Å². The molecular formula is C34H25F3N6O3S. The highest BCUT2D eigenvalue weighted by Crippen LogP contribution is 2.39. The summed E-state index contributed by atoms with van der Waals surface area (Å²) in [5.41, 5.74) is 8.07. The van der Waals surface area contributed by atoms with E-state index in [0.717, 1.165) is 21.1 Å². The Morgan fingerprint density at radius 2 is 1.66 bits per heavy atom. The van der Waals surface area contributed by atoms with E-state index in [4.69, 9.17) is 5.73 Å². The number of nitrogen functional groups attached to an aromatic ring is 1. The number of nitrogens with zero attached hydrogens (tertiary/aromatic N) is 4. The second-order valence-electron chi connectivity index (χ2n) is 11.1. The molecule has 0 fully saturated rings. The van der Waals surface area contributed by atoms with E-state index < -0.39 is 27.5 Å². The Bertz CT molecular complexity index is 2480. The zero-order chi connectivity index (χ0) is 33.2. The summed E-state index contributed by atoms with van der Waals surface area (Å²) >= 11 is 0. The maximum Gasteiger partial charge on any atom is 0.417 e. The number of benzene rings is 4. The van der Waals surface area contributed by atoms with Crippen LogP contribution in [0.5, 0.6) is 0 Å². The van der Waals surface area contributed by atoms with Crippen LogP contribution in [0.15, 0.2) is 102 Å². The Labute approximate surface area is 266 Å². The second kappa shape index (κ2) is 10.7. The third-order valence-electron chi connectivity index (χ3n) is 7.98. The lowest BCUT2D eigenvalue weighted by atomic mass is 9.98. The number of carbonyl (C=O) groups excluding carboxylic acids is 1. The summed E-state index contributed by atoms with van der Waals surface area (Å²) in [4.78, 5) is 21.7. The fraction of sp³-hybridized carbons (Fsp3) is 0.0882. The van der Waals surface area contributed by atoms with Crippen LogP contribution < -0.4 is 5.73 Å². The van der Waals surface area contributed by atoms with Crippen molar-refractivity contribution in [3.8, 4) is 16.8 Å². The molecule has 9 nitrogen and oxygen atoms in total. The standard InChI is InChI=1S/C34H25F3N6O3S/c1-19-7-12-24(13-8-19)47(45,46)43-30-15-21(25-5-3-4-6-27(25)34(35,36)37)9-10-22(30)16-31(43)32(44)26-18-39-42(33(26)38)23-11-14-28-29(17-23)41-20(2)40-28/h3-18H,38H2,1-2H3,(H,40,41). The van der Waals surface area contributed by atoms with Gasteiger partial charge in [0.15, 0.2) is 0 Å². The number of nitrogens with one attached hydrogen (secondary N) is 1. The summed E-state index contributed by atoms with van der Waals surface area (Å²) < 4.78 is 72.5. The lowest BCUT2D eigenvalue weighted by Gasteiger charge is -2.14. The van der Waals surface area contributed by atoms with Gasteiger partial charge in [0.05, 0.1) is 44.5 Å². The molecule has 236 valence electrons. The van der Waals surface area contributed by atoms with Crippen LogP contribution in [-0.4, -0.2) is 37.9 Å². The minimum atomic E-state index is -4.65. The highest BCUT2D eigenvalue weighted by atomic mass is 32.2. The van der Waals surface area contributed by atoms with E-state index >= 15 is 0 Å². The highest BCUT2D eigenvalue weighted by molar-refractivity contribution is 7.90. The summed E-state index contributed by atoms with van der Waals surface area (Å²) in [5, 5.41) is 4.64. The SMILES string of the molecule is Cc1ccc(S(=O)(=O)n2c(C(=O)c3cnn(-c4ccc5[nH]c(C)nc5c4)c3N)cc3ccc(-c4ccccc4C(F)(F)F)cc32)cc1. The first-order valence-corrected chi connectivity index (χ1v) is 15.8. The average molecular weight is 655 g/mol. The fourth-order valence-corrected chi connectivity index (χ4v) is 7.19. The molecule has 7 rings (SSSR count). The number of halogens is 3. The molecule has 0 saturated heterocycles. The number of alkyl halides is 3. The number of rotatable bonds is 6. The smallest absolute Gasteiger partial charge is 0.383 e. The van der Waals surface area contributed by atoms with Gasteiger partial charge >= 0.3 is 6.18 Å². The number of H-pyrrole nitrogens is 1. The largest absolute Gasteiger partial charge is 0.417 e. The molecule has 0 aliphatic rings. The minimum Gasteiger partial charge on any atom is -0.383 e. The first-order chi connectivity index (χ1) is 22.3. The van der Waals surface area contributed by atoms with E-state index in [0.29, 0.717) is 22.4 Å². The van der Waals surface area contributed by atoms with Gasteiger partial charge < -0.3 is 10.7 Å². The Hall–Kier alpha value is -5.69. The molecule has 4 aromatic carbocycles. The van der Waals surface area contributed by atoms with Crippen molar-refractivity contribution in [2.75, 3.05) is 5.73 Å². The van der Waals surface area contributed by atoms with Crippen molar-refractivity contribution in [1.82, 2.24) is 23.7 Å². The van der Waals surface area contributed by atoms with Crippen LogP contribution in [0.2, 0.25) is 0 Å². The van der Waals surface area contributed by atoms with Gasteiger partial charge in [0.1, 0.15) is 17.3 Å². The summed E-state index contributed by atoms with van der Waals surface area (Å²) in [6, 6.07) is 22.1. The Balaban J connectivity index is 1.42. The van der Waals surface area contributed by atoms with Gasteiger partial charge in [-0.15, -0.1) is 0 Å². The molecule has 0 saturated carbocycles. The van der Waals surface area contributed by atoms with Crippen molar-refractivity contribution in [2.45, 2.75) is 24.9 Å². The van der Waals surface area contributed by atoms with Crippen LogP contribution in [0.1, 0.15) is 33.0 Å². The summed E-state index contributed by atoms with van der Waals surface area (Å²) in [5.74, 6) is -0.0605. The Morgan fingerprint density at radius 3 is 2.40 bits per heavy atom. The van der Waals surface area contributed by atoms with Gasteiger partial charge in [-0.2, -0.15) is 18.3 Å². The van der Waals surface area contributed by atoms with Crippen molar-refractivity contribution in [1.29, 1.82) is 0 Å². The number of hydrogen-bond acceptors (Lipinski definition) is 6. The van der Waals surface area contributed by atoms with Crippen molar-refractivity contribution in [2.24, 2.45) is 0 Å². The van der Waals surface area contributed by atoms with Gasteiger partial charge in [-0.3, -0.25) is 4.79 Å². The fourth-order valence-electron chi connectivity index (χ4n) is 5.69. The molecular weight excluding hydrogens is 629 g/mol. The molecule has 0 aliphatic carbocycles. The number of aromatic nitrogens is 5. The number of nitrogens with two attached hydrogens (primary N) is 1. The van der Waals surface area contributed by atoms with E-state index in [1.165, 1.54) is 65.5 Å². The molecule has 0 atom stereocenters. The number of aromatic amines is 1. The molecule has 0 amide bonds. The molecule has 47 heavy (non-hydrogen) atoms. The average Bonchev–Trinajstić information content (AvgIpc) is 3.73. The van der Waals surface area contributed by atoms with Gasteiger partial charge in [0.25, 0.3) is 10.0 Å². The first kappa shape index (κ1) is 30.0.